The van der Waals surface area contributed by atoms with Crippen LogP contribution in [0.4, 0.5) is 0 Å². The van der Waals surface area contributed by atoms with Crippen LogP contribution in [0.1, 0.15) is 215 Å². The molecular weight excluding hydrogens is 747 g/mol. The third kappa shape index (κ3) is 23.6. The molecule has 1 aliphatic rings. The van der Waals surface area contributed by atoms with Crippen molar-refractivity contribution < 1.29 is 42.9 Å². The molecule has 10 heteroatoms. The quantitative estimate of drug-likeness (QED) is 0.0339. The first-order valence-electron chi connectivity index (χ1n) is 24.2. The van der Waals surface area contributed by atoms with E-state index in [1.54, 1.807) is 27.9 Å². The first-order chi connectivity index (χ1) is 28.3. The van der Waals surface area contributed by atoms with Crippen LogP contribution in [-0.2, 0) is 42.9 Å². The van der Waals surface area contributed by atoms with Crippen LogP contribution in [0, 0.1) is 16.2 Å². The number of likely N-dealkylation sites (tertiary alicyclic amines) is 1. The normalized spacial score (nSPS) is 15.8. The van der Waals surface area contributed by atoms with Crippen molar-refractivity contribution in [1.29, 1.82) is 0 Å². The van der Waals surface area contributed by atoms with Gasteiger partial charge < -0.3 is 28.6 Å². The van der Waals surface area contributed by atoms with Gasteiger partial charge in [-0.1, -0.05) is 136 Å². The summed E-state index contributed by atoms with van der Waals surface area (Å²) in [6, 6.07) is -0.199. The van der Waals surface area contributed by atoms with Crippen LogP contribution < -0.4 is 0 Å². The van der Waals surface area contributed by atoms with E-state index >= 15 is 0 Å². The van der Waals surface area contributed by atoms with Gasteiger partial charge in [-0.2, -0.15) is 0 Å². The van der Waals surface area contributed by atoms with Crippen molar-refractivity contribution in [2.24, 2.45) is 16.2 Å². The molecule has 1 rings (SSSR count). The molecule has 3 atom stereocenters. The molecule has 0 N–H and O–H groups in total. The van der Waals surface area contributed by atoms with Crippen LogP contribution >= 0.6 is 0 Å². The topological polar surface area (TPSA) is 118 Å². The monoisotopic (exact) mass is 838 g/mol. The molecule has 0 aliphatic carbocycles. The Morgan fingerprint density at radius 2 is 1.02 bits per heavy atom. The molecule has 59 heavy (non-hydrogen) atoms. The Hall–Kier alpha value is -2.20. The van der Waals surface area contributed by atoms with E-state index in [9.17, 15) is 19.2 Å². The Morgan fingerprint density at radius 1 is 0.559 bits per heavy atom. The summed E-state index contributed by atoms with van der Waals surface area (Å²) in [7, 11) is 1.55. The summed E-state index contributed by atoms with van der Waals surface area (Å²) in [5, 5.41) is 0. The predicted molar refractivity (Wildman–Crippen MR) is 238 cm³/mol. The molecule has 1 amide bonds. The number of nitrogens with zero attached hydrogens (tertiary/aromatic N) is 1. The van der Waals surface area contributed by atoms with Crippen molar-refractivity contribution in [3.05, 3.63) is 0 Å². The summed E-state index contributed by atoms with van der Waals surface area (Å²) in [6.45, 7) is 16.0. The number of esters is 3. The molecule has 0 aromatic rings. The standard InChI is InChI=1S/C49H91NO9/c1-9-12-14-16-18-20-22-24-26-28-33-56-36-38-58-44(52)47(4,5)40-49(7,46(54)57-34-29-27-25-23-21-19-17-15-13-10-2)41-48(6,45(53)59-37-35-55-8)39-42(11-3)50-32-30-31-43(50)51/h42H,9-41H2,1-8H3. The maximum atomic E-state index is 14.3. The Kier molecular flexibility index (Phi) is 30.2. The van der Waals surface area contributed by atoms with Crippen LogP contribution in [0.25, 0.3) is 0 Å². The molecule has 0 saturated carbocycles. The molecule has 10 nitrogen and oxygen atoms in total. The van der Waals surface area contributed by atoms with Crippen molar-refractivity contribution in [3.8, 4) is 0 Å². The van der Waals surface area contributed by atoms with E-state index in [1.165, 1.54) is 96.3 Å². The summed E-state index contributed by atoms with van der Waals surface area (Å²) in [4.78, 5) is 56.8. The smallest absolute Gasteiger partial charge is 0.311 e. The van der Waals surface area contributed by atoms with Crippen molar-refractivity contribution >= 4 is 23.8 Å². The van der Waals surface area contributed by atoms with Gasteiger partial charge in [-0.25, -0.2) is 0 Å². The molecule has 0 spiro atoms. The lowest BCUT2D eigenvalue weighted by Gasteiger charge is -2.42. The van der Waals surface area contributed by atoms with Crippen LogP contribution in [0.3, 0.4) is 0 Å². The highest BCUT2D eigenvalue weighted by molar-refractivity contribution is 5.83. The second kappa shape index (κ2) is 32.5. The SMILES string of the molecule is CCCCCCCCCCCCOCCOC(=O)C(C)(C)CC(C)(CC(C)(CC(CC)N1CCCC1=O)C(=O)OCCOC)C(=O)OCCCCCCCCCCCC. The number of carbonyl (C=O) groups excluding carboxylic acids is 4. The van der Waals surface area contributed by atoms with Crippen molar-refractivity contribution in [2.75, 3.05) is 53.3 Å². The van der Waals surface area contributed by atoms with Gasteiger partial charge in [0.25, 0.3) is 0 Å². The van der Waals surface area contributed by atoms with E-state index in [4.69, 9.17) is 23.7 Å². The summed E-state index contributed by atoms with van der Waals surface area (Å²) in [5.74, 6) is -1.22. The predicted octanol–water partition coefficient (Wildman–Crippen LogP) is 11.7. The van der Waals surface area contributed by atoms with E-state index in [-0.39, 0.29) is 51.2 Å². The molecular formula is C49H91NO9. The van der Waals surface area contributed by atoms with Gasteiger partial charge in [-0.3, -0.25) is 19.2 Å². The highest BCUT2D eigenvalue weighted by Gasteiger charge is 2.51. The third-order valence-corrected chi connectivity index (χ3v) is 12.2. The summed E-state index contributed by atoms with van der Waals surface area (Å²) in [6.07, 6.45) is 26.7. The number of rotatable bonds is 39. The highest BCUT2D eigenvalue weighted by atomic mass is 16.6. The molecule has 1 saturated heterocycles. The fourth-order valence-electron chi connectivity index (χ4n) is 8.90. The number of carbonyl (C=O) groups is 4. The summed E-state index contributed by atoms with van der Waals surface area (Å²) in [5.41, 5.74) is -3.47. The number of methoxy groups -OCH3 is 1. The number of ether oxygens (including phenoxy) is 5. The number of hydrogen-bond acceptors (Lipinski definition) is 9. The van der Waals surface area contributed by atoms with E-state index < -0.39 is 34.2 Å². The van der Waals surface area contributed by atoms with E-state index in [1.807, 2.05) is 18.7 Å². The fraction of sp³-hybridized carbons (Fsp3) is 0.918. The van der Waals surface area contributed by atoms with Crippen LogP contribution in [0.2, 0.25) is 0 Å². The minimum atomic E-state index is -1.24. The Bertz CT molecular complexity index is 1130. The van der Waals surface area contributed by atoms with E-state index in [2.05, 4.69) is 13.8 Å². The molecule has 0 radical (unpaired) electrons. The number of hydrogen-bond donors (Lipinski definition) is 0. The molecule has 0 bridgehead atoms. The van der Waals surface area contributed by atoms with Gasteiger partial charge in [0, 0.05) is 32.7 Å². The van der Waals surface area contributed by atoms with Gasteiger partial charge in [0.15, 0.2) is 0 Å². The summed E-state index contributed by atoms with van der Waals surface area (Å²) >= 11 is 0. The van der Waals surface area contributed by atoms with Gasteiger partial charge in [0.1, 0.15) is 13.2 Å². The number of amides is 1. The zero-order chi connectivity index (χ0) is 43.8. The Labute approximate surface area is 361 Å². The first kappa shape index (κ1) is 54.8. The second-order valence-electron chi connectivity index (χ2n) is 18.7. The van der Waals surface area contributed by atoms with Gasteiger partial charge >= 0.3 is 17.9 Å². The van der Waals surface area contributed by atoms with Gasteiger partial charge in [0.2, 0.25) is 5.91 Å². The Morgan fingerprint density at radius 3 is 1.51 bits per heavy atom. The zero-order valence-corrected chi connectivity index (χ0v) is 39.5. The first-order valence-corrected chi connectivity index (χ1v) is 24.2. The van der Waals surface area contributed by atoms with E-state index in [0.29, 0.717) is 39.0 Å². The molecule has 3 unspecified atom stereocenters. The van der Waals surface area contributed by atoms with Gasteiger partial charge in [-0.15, -0.1) is 0 Å². The maximum absolute atomic E-state index is 14.3. The minimum Gasteiger partial charge on any atom is -0.465 e. The molecule has 0 aromatic carbocycles. The minimum absolute atomic E-state index is 0.0728. The van der Waals surface area contributed by atoms with Gasteiger partial charge in [-0.05, 0) is 72.6 Å². The second-order valence-corrected chi connectivity index (χ2v) is 18.7. The highest BCUT2D eigenvalue weighted by Crippen LogP contribution is 2.47. The van der Waals surface area contributed by atoms with Crippen LogP contribution in [0.5, 0.6) is 0 Å². The van der Waals surface area contributed by atoms with Crippen LogP contribution in [0.15, 0.2) is 0 Å². The van der Waals surface area contributed by atoms with Crippen molar-refractivity contribution in [2.45, 2.75) is 221 Å². The lowest BCUT2D eigenvalue weighted by molar-refractivity contribution is -0.170. The molecule has 346 valence electrons. The lowest BCUT2D eigenvalue weighted by Crippen LogP contribution is -2.48. The van der Waals surface area contributed by atoms with Crippen LogP contribution in [-0.4, -0.2) is 88.1 Å². The van der Waals surface area contributed by atoms with E-state index in [0.717, 1.165) is 38.5 Å². The average molecular weight is 838 g/mol. The molecule has 0 aromatic heterocycles. The molecule has 1 fully saturated rings. The van der Waals surface area contributed by atoms with Gasteiger partial charge in [0.05, 0.1) is 36.1 Å². The average Bonchev–Trinajstić information content (AvgIpc) is 3.63. The molecule has 1 aliphatic heterocycles. The van der Waals surface area contributed by atoms with Crippen molar-refractivity contribution in [3.63, 3.8) is 0 Å². The maximum Gasteiger partial charge on any atom is 0.311 e. The third-order valence-electron chi connectivity index (χ3n) is 12.2. The number of unbranched alkanes of at least 4 members (excludes halogenated alkanes) is 18. The summed E-state index contributed by atoms with van der Waals surface area (Å²) < 4.78 is 28.5. The Balaban J connectivity index is 2.98. The fourth-order valence-corrected chi connectivity index (χ4v) is 8.90. The molecule has 1 heterocycles. The van der Waals surface area contributed by atoms with Crippen molar-refractivity contribution in [1.82, 2.24) is 4.90 Å². The zero-order valence-electron chi connectivity index (χ0n) is 39.5. The lowest BCUT2D eigenvalue weighted by atomic mass is 9.64. The largest absolute Gasteiger partial charge is 0.465 e.